The molecule has 8 nitrogen and oxygen atoms in total. The molecule has 8 heteroatoms. The molecule has 0 spiro atoms. The molecule has 0 radical (unpaired) electrons. The van der Waals surface area contributed by atoms with E-state index in [1.165, 1.54) is 11.3 Å². The van der Waals surface area contributed by atoms with Gasteiger partial charge in [-0.1, -0.05) is 11.6 Å². The molecule has 2 heterocycles. The molecule has 3 unspecified atom stereocenters. The van der Waals surface area contributed by atoms with E-state index < -0.39 is 12.0 Å². The lowest BCUT2D eigenvalue weighted by molar-refractivity contribution is -0.142. The molecule has 2 fully saturated rings. The molecule has 0 aromatic carbocycles. The van der Waals surface area contributed by atoms with Gasteiger partial charge in [0.05, 0.1) is 6.54 Å². The zero-order chi connectivity index (χ0) is 14.1. The SMILES string of the molecule is O=C(O)C1C2CCCC2CN1C(=O)NCc1ncon1. The van der Waals surface area contributed by atoms with Crippen LogP contribution in [0.3, 0.4) is 0 Å². The normalized spacial score (nSPS) is 28.4. The molecule has 108 valence electrons. The minimum Gasteiger partial charge on any atom is -0.480 e. The van der Waals surface area contributed by atoms with Crippen LogP contribution in [0.15, 0.2) is 10.9 Å². The van der Waals surface area contributed by atoms with E-state index in [0.717, 1.165) is 19.3 Å². The number of hydrogen-bond acceptors (Lipinski definition) is 5. The van der Waals surface area contributed by atoms with E-state index in [0.29, 0.717) is 18.3 Å². The van der Waals surface area contributed by atoms with Crippen LogP contribution in [0.25, 0.3) is 0 Å². The van der Waals surface area contributed by atoms with Gasteiger partial charge in [0.25, 0.3) is 0 Å². The van der Waals surface area contributed by atoms with Gasteiger partial charge in [0.15, 0.2) is 5.82 Å². The lowest BCUT2D eigenvalue weighted by Crippen LogP contribution is -2.47. The molecule has 20 heavy (non-hydrogen) atoms. The Morgan fingerprint density at radius 1 is 1.50 bits per heavy atom. The number of likely N-dealkylation sites (tertiary alicyclic amines) is 1. The Balaban J connectivity index is 1.65. The van der Waals surface area contributed by atoms with Crippen LogP contribution in [-0.4, -0.2) is 44.7 Å². The zero-order valence-electron chi connectivity index (χ0n) is 10.9. The number of nitrogens with zero attached hydrogens (tertiary/aromatic N) is 3. The second kappa shape index (κ2) is 5.10. The van der Waals surface area contributed by atoms with Crippen molar-refractivity contribution in [1.82, 2.24) is 20.4 Å². The zero-order valence-corrected chi connectivity index (χ0v) is 10.9. The molecule has 1 aliphatic carbocycles. The van der Waals surface area contributed by atoms with Crippen LogP contribution in [0.1, 0.15) is 25.1 Å². The van der Waals surface area contributed by atoms with Crippen molar-refractivity contribution >= 4 is 12.0 Å². The first-order valence-electron chi connectivity index (χ1n) is 6.69. The number of carboxylic acid groups (broad SMARTS) is 1. The molecular formula is C12H16N4O4. The number of carbonyl (C=O) groups excluding carboxylic acids is 1. The van der Waals surface area contributed by atoms with E-state index in [2.05, 4.69) is 20.0 Å². The fraction of sp³-hybridized carbons (Fsp3) is 0.667. The fourth-order valence-corrected chi connectivity index (χ4v) is 3.36. The van der Waals surface area contributed by atoms with E-state index in [1.54, 1.807) is 0 Å². The third-order valence-corrected chi connectivity index (χ3v) is 4.21. The highest BCUT2D eigenvalue weighted by Gasteiger charge is 2.49. The predicted molar refractivity (Wildman–Crippen MR) is 65.5 cm³/mol. The topological polar surface area (TPSA) is 109 Å². The van der Waals surface area contributed by atoms with Gasteiger partial charge >= 0.3 is 12.0 Å². The molecular weight excluding hydrogens is 264 g/mol. The van der Waals surface area contributed by atoms with Gasteiger partial charge < -0.3 is 19.8 Å². The predicted octanol–water partition coefficient (Wildman–Crippen LogP) is 0.464. The van der Waals surface area contributed by atoms with Crippen molar-refractivity contribution in [2.75, 3.05) is 6.54 Å². The molecule has 1 saturated heterocycles. The molecule has 3 atom stereocenters. The van der Waals surface area contributed by atoms with Crippen LogP contribution < -0.4 is 5.32 Å². The van der Waals surface area contributed by atoms with Crippen molar-refractivity contribution in [3.05, 3.63) is 12.2 Å². The first-order valence-corrected chi connectivity index (χ1v) is 6.69. The summed E-state index contributed by atoms with van der Waals surface area (Å²) in [6.45, 7) is 0.646. The largest absolute Gasteiger partial charge is 0.480 e. The van der Waals surface area contributed by atoms with Gasteiger partial charge in [-0.15, -0.1) is 0 Å². The van der Waals surface area contributed by atoms with Gasteiger partial charge in [-0.05, 0) is 24.7 Å². The molecule has 1 saturated carbocycles. The quantitative estimate of drug-likeness (QED) is 0.832. The summed E-state index contributed by atoms with van der Waals surface area (Å²) in [6, 6.07) is -1.09. The Bertz CT molecular complexity index is 504. The number of fused-ring (bicyclic) bond motifs is 1. The van der Waals surface area contributed by atoms with Crippen molar-refractivity contribution in [1.29, 1.82) is 0 Å². The Kier molecular flexibility index (Phi) is 3.29. The van der Waals surface area contributed by atoms with Crippen LogP contribution in [0.5, 0.6) is 0 Å². The number of aromatic nitrogens is 2. The Morgan fingerprint density at radius 3 is 3.05 bits per heavy atom. The lowest BCUT2D eigenvalue weighted by Gasteiger charge is -2.24. The summed E-state index contributed by atoms with van der Waals surface area (Å²) in [7, 11) is 0. The highest BCUT2D eigenvalue weighted by Crippen LogP contribution is 2.42. The number of hydrogen-bond donors (Lipinski definition) is 2. The summed E-state index contributed by atoms with van der Waals surface area (Å²) in [5.74, 6) is -0.158. The maximum Gasteiger partial charge on any atom is 0.326 e. The first kappa shape index (κ1) is 12.9. The van der Waals surface area contributed by atoms with Crippen LogP contribution >= 0.6 is 0 Å². The van der Waals surface area contributed by atoms with Gasteiger partial charge in [-0.3, -0.25) is 0 Å². The number of amides is 2. The number of aliphatic carboxylic acids is 1. The lowest BCUT2D eigenvalue weighted by atomic mass is 9.94. The summed E-state index contributed by atoms with van der Waals surface area (Å²) in [5, 5.41) is 15.6. The molecule has 1 aromatic heterocycles. The van der Waals surface area contributed by atoms with Crippen LogP contribution in [0.4, 0.5) is 4.79 Å². The van der Waals surface area contributed by atoms with Crippen LogP contribution in [-0.2, 0) is 11.3 Å². The fourth-order valence-electron chi connectivity index (χ4n) is 3.36. The molecule has 2 N–H and O–H groups in total. The molecule has 2 aliphatic rings. The summed E-state index contributed by atoms with van der Waals surface area (Å²) in [5.41, 5.74) is 0. The highest BCUT2D eigenvalue weighted by atomic mass is 16.5. The number of carbonyl (C=O) groups is 2. The number of carboxylic acids is 1. The van der Waals surface area contributed by atoms with Gasteiger partial charge in [-0.2, -0.15) is 4.98 Å². The first-order chi connectivity index (χ1) is 9.66. The van der Waals surface area contributed by atoms with Crippen LogP contribution in [0, 0.1) is 11.8 Å². The van der Waals surface area contributed by atoms with Crippen molar-refractivity contribution < 1.29 is 19.2 Å². The second-order valence-corrected chi connectivity index (χ2v) is 5.30. The maximum atomic E-state index is 12.2. The molecule has 0 bridgehead atoms. The second-order valence-electron chi connectivity index (χ2n) is 5.30. The average molecular weight is 280 g/mol. The molecule has 2 amide bonds. The monoisotopic (exact) mass is 280 g/mol. The Morgan fingerprint density at radius 2 is 2.35 bits per heavy atom. The maximum absolute atomic E-state index is 12.2. The van der Waals surface area contributed by atoms with E-state index in [4.69, 9.17) is 0 Å². The van der Waals surface area contributed by atoms with E-state index in [9.17, 15) is 14.7 Å². The Hall–Kier alpha value is -2.12. The van der Waals surface area contributed by atoms with Crippen molar-refractivity contribution in [2.24, 2.45) is 11.8 Å². The minimum absolute atomic E-state index is 0.0865. The summed E-state index contributed by atoms with van der Waals surface area (Å²) in [4.78, 5) is 28.8. The van der Waals surface area contributed by atoms with E-state index in [-0.39, 0.29) is 18.5 Å². The average Bonchev–Trinajstić information content (AvgIpc) is 3.10. The standard InChI is InChI=1S/C12H16N4O4/c17-11(18)10-8-3-1-2-7(8)5-16(10)12(19)13-4-9-14-6-20-15-9/h6-8,10H,1-5H2,(H,13,19)(H,17,18). The minimum atomic E-state index is -0.922. The van der Waals surface area contributed by atoms with Crippen molar-refractivity contribution in [2.45, 2.75) is 31.8 Å². The third-order valence-electron chi connectivity index (χ3n) is 4.21. The van der Waals surface area contributed by atoms with E-state index >= 15 is 0 Å². The highest BCUT2D eigenvalue weighted by molar-refractivity contribution is 5.83. The summed E-state index contributed by atoms with van der Waals surface area (Å²) < 4.78 is 4.57. The molecule has 1 aliphatic heterocycles. The van der Waals surface area contributed by atoms with Gasteiger partial charge in [0, 0.05) is 6.54 Å². The van der Waals surface area contributed by atoms with Crippen LogP contribution in [0.2, 0.25) is 0 Å². The number of rotatable bonds is 3. The Labute approximate surface area is 115 Å². The van der Waals surface area contributed by atoms with E-state index in [1.807, 2.05) is 0 Å². The number of urea groups is 1. The third kappa shape index (κ3) is 2.21. The van der Waals surface area contributed by atoms with Gasteiger partial charge in [0.2, 0.25) is 6.39 Å². The number of nitrogens with one attached hydrogen (secondary N) is 1. The van der Waals surface area contributed by atoms with Gasteiger partial charge in [-0.25, -0.2) is 9.59 Å². The van der Waals surface area contributed by atoms with Gasteiger partial charge in [0.1, 0.15) is 6.04 Å². The smallest absolute Gasteiger partial charge is 0.326 e. The van der Waals surface area contributed by atoms with Crippen molar-refractivity contribution in [3.63, 3.8) is 0 Å². The molecule has 1 aromatic rings. The van der Waals surface area contributed by atoms with Crippen molar-refractivity contribution in [3.8, 4) is 0 Å². The summed E-state index contributed by atoms with van der Waals surface area (Å²) in [6.07, 6.45) is 4.12. The molecule has 3 rings (SSSR count). The summed E-state index contributed by atoms with van der Waals surface area (Å²) >= 11 is 0.